The molecule has 0 unspecified atom stereocenters. The van der Waals surface area contributed by atoms with Gasteiger partial charge in [-0.05, 0) is 64.4 Å². The maximum Gasteiger partial charge on any atom is 0.407 e. The molecule has 0 aromatic heterocycles. The zero-order valence-corrected chi connectivity index (χ0v) is 25.2. The maximum absolute atomic E-state index is 13.4. The Balaban J connectivity index is 1.48. The topological polar surface area (TPSA) is 125 Å². The van der Waals surface area contributed by atoms with Crippen LogP contribution in [0, 0.1) is 11.8 Å². The van der Waals surface area contributed by atoms with Gasteiger partial charge in [0.15, 0.2) is 9.84 Å². The number of nitrogens with zero attached hydrogens (tertiary/aromatic N) is 1. The maximum atomic E-state index is 13.4. The van der Waals surface area contributed by atoms with Gasteiger partial charge >= 0.3 is 6.09 Å². The van der Waals surface area contributed by atoms with E-state index in [9.17, 15) is 23.1 Å². The first-order valence-electron chi connectivity index (χ1n) is 14.8. The van der Waals surface area contributed by atoms with Crippen molar-refractivity contribution in [3.05, 3.63) is 35.9 Å². The number of sulfone groups is 1. The Labute approximate surface area is 239 Å². The molecule has 7 atom stereocenters. The summed E-state index contributed by atoms with van der Waals surface area (Å²) in [6, 6.07) is 8.57. The summed E-state index contributed by atoms with van der Waals surface area (Å²) >= 11 is 0. The van der Waals surface area contributed by atoms with E-state index >= 15 is 0 Å². The van der Waals surface area contributed by atoms with Crippen LogP contribution >= 0.6 is 0 Å². The van der Waals surface area contributed by atoms with Gasteiger partial charge in [0.2, 0.25) is 5.91 Å². The summed E-state index contributed by atoms with van der Waals surface area (Å²) in [5, 5.41) is 17.0. The highest BCUT2D eigenvalue weighted by Gasteiger charge is 2.42. The Hall–Kier alpha value is -2.17. The van der Waals surface area contributed by atoms with Crippen LogP contribution in [0.1, 0.15) is 71.8 Å². The second-order valence-electron chi connectivity index (χ2n) is 13.2. The Morgan fingerprint density at radius 1 is 1.10 bits per heavy atom. The van der Waals surface area contributed by atoms with Crippen molar-refractivity contribution in [3.8, 4) is 0 Å². The van der Waals surface area contributed by atoms with Crippen LogP contribution in [-0.2, 0) is 25.8 Å². The number of ether oxygens (including phenoxy) is 1. The zero-order chi connectivity index (χ0) is 29.1. The molecule has 1 aromatic carbocycles. The number of benzene rings is 1. The Morgan fingerprint density at radius 3 is 2.40 bits per heavy atom. The molecular weight excluding hydrogens is 530 g/mol. The van der Waals surface area contributed by atoms with Gasteiger partial charge < -0.3 is 20.5 Å². The average Bonchev–Trinajstić information content (AvgIpc) is 3.12. The molecule has 1 aromatic rings. The molecule has 3 N–H and O–H groups in total. The first kappa shape index (κ1) is 30.8. The van der Waals surface area contributed by atoms with Crippen molar-refractivity contribution in [1.82, 2.24) is 15.5 Å². The monoisotopic (exact) mass is 577 g/mol. The van der Waals surface area contributed by atoms with Crippen LogP contribution in [0.2, 0.25) is 0 Å². The molecule has 0 bridgehead atoms. The lowest BCUT2D eigenvalue weighted by Crippen LogP contribution is -2.60. The van der Waals surface area contributed by atoms with Crippen LogP contribution in [-0.4, -0.2) is 84.3 Å². The number of amides is 2. The highest BCUT2D eigenvalue weighted by atomic mass is 32.2. The quantitative estimate of drug-likeness (QED) is 0.434. The lowest BCUT2D eigenvalue weighted by atomic mass is 9.72. The van der Waals surface area contributed by atoms with Gasteiger partial charge in [-0.15, -0.1) is 0 Å². The molecule has 40 heavy (non-hydrogen) atoms. The summed E-state index contributed by atoms with van der Waals surface area (Å²) in [6.07, 6.45) is 3.66. The number of β-amino-alcohol motifs (C(OH)–C–C–N with tert-alkyl or cyclic N) is 1. The molecule has 10 heteroatoms. The number of aliphatic hydroxyl groups is 1. The highest BCUT2D eigenvalue weighted by molar-refractivity contribution is 7.92. The van der Waals surface area contributed by atoms with Crippen LogP contribution in [0.25, 0.3) is 0 Å². The van der Waals surface area contributed by atoms with Gasteiger partial charge in [-0.2, -0.15) is 0 Å². The number of likely N-dealkylation sites (tertiary alicyclic amines) is 1. The first-order chi connectivity index (χ1) is 18.8. The Kier molecular flexibility index (Phi) is 9.83. The average molecular weight is 578 g/mol. The Bertz CT molecular complexity index is 1120. The highest BCUT2D eigenvalue weighted by Crippen LogP contribution is 2.39. The number of alkyl carbamates (subject to hydrolysis) is 1. The third-order valence-corrected chi connectivity index (χ3v) is 10.9. The lowest BCUT2D eigenvalue weighted by Gasteiger charge is -2.47. The molecule has 1 aliphatic carbocycles. The largest absolute Gasteiger partial charge is 0.445 e. The molecule has 224 valence electrons. The second kappa shape index (κ2) is 12.8. The van der Waals surface area contributed by atoms with Crippen LogP contribution in [0.3, 0.4) is 0 Å². The number of hydrogen-bond acceptors (Lipinski definition) is 7. The van der Waals surface area contributed by atoms with Crippen molar-refractivity contribution >= 4 is 21.8 Å². The van der Waals surface area contributed by atoms with Crippen LogP contribution < -0.4 is 10.6 Å². The van der Waals surface area contributed by atoms with Crippen LogP contribution in [0.4, 0.5) is 4.79 Å². The summed E-state index contributed by atoms with van der Waals surface area (Å²) < 4.78 is 29.8. The number of fused-ring (bicyclic) bond motifs is 1. The van der Waals surface area contributed by atoms with Crippen molar-refractivity contribution in [2.45, 2.75) is 108 Å². The molecule has 1 saturated carbocycles. The van der Waals surface area contributed by atoms with Gasteiger partial charge in [0, 0.05) is 25.0 Å². The van der Waals surface area contributed by atoms with Crippen molar-refractivity contribution in [2.75, 3.05) is 18.8 Å². The summed E-state index contributed by atoms with van der Waals surface area (Å²) in [5.74, 6) is 0.800. The predicted molar refractivity (Wildman–Crippen MR) is 155 cm³/mol. The number of rotatable bonds is 8. The summed E-state index contributed by atoms with van der Waals surface area (Å²) in [6.45, 7) is 8.51. The van der Waals surface area contributed by atoms with Crippen LogP contribution in [0.5, 0.6) is 0 Å². The van der Waals surface area contributed by atoms with E-state index in [1.165, 1.54) is 12.8 Å². The van der Waals surface area contributed by atoms with E-state index in [1.54, 1.807) is 6.92 Å². The molecule has 0 radical (unpaired) electrons. The van der Waals surface area contributed by atoms with E-state index in [1.807, 2.05) is 51.1 Å². The van der Waals surface area contributed by atoms with E-state index < -0.39 is 39.4 Å². The molecule has 2 aliphatic heterocycles. The fourth-order valence-electron chi connectivity index (χ4n) is 6.57. The number of aliphatic hydroxyl groups excluding tert-OH is 1. The van der Waals surface area contributed by atoms with E-state index in [-0.39, 0.29) is 36.2 Å². The van der Waals surface area contributed by atoms with Crippen molar-refractivity contribution in [1.29, 1.82) is 0 Å². The third-order valence-electron chi connectivity index (χ3n) is 8.69. The molecule has 0 spiro atoms. The molecule has 2 heterocycles. The summed E-state index contributed by atoms with van der Waals surface area (Å²) in [7, 11) is -3.27. The molecule has 2 amide bonds. The SMILES string of the molecule is C[C@H]1C[C@@H](OC(=O)N[C@@H](Cc2ccccc2)[C@H](O)CN2C[C@H]3CCCC[C@H]3C[C@H]2C(=O)NC(C)(C)C)CS1(=O)=O. The summed E-state index contributed by atoms with van der Waals surface area (Å²) in [5.41, 5.74) is 0.578. The van der Waals surface area contributed by atoms with Gasteiger partial charge in [0.05, 0.1) is 29.2 Å². The smallest absolute Gasteiger partial charge is 0.407 e. The fraction of sp³-hybridized carbons (Fsp3) is 0.733. The normalized spacial score (nSPS) is 30.1. The molecular formula is C30H47N3O6S. The van der Waals surface area contributed by atoms with Crippen molar-refractivity contribution < 1.29 is 27.9 Å². The van der Waals surface area contributed by atoms with Gasteiger partial charge in [-0.3, -0.25) is 9.69 Å². The van der Waals surface area contributed by atoms with Gasteiger partial charge in [0.1, 0.15) is 6.10 Å². The van der Waals surface area contributed by atoms with E-state index in [2.05, 4.69) is 15.5 Å². The van der Waals surface area contributed by atoms with E-state index in [0.717, 1.165) is 31.4 Å². The van der Waals surface area contributed by atoms with Crippen LogP contribution in [0.15, 0.2) is 30.3 Å². The number of carbonyl (C=O) groups is 2. The molecule has 3 aliphatic rings. The molecule has 9 nitrogen and oxygen atoms in total. The first-order valence-corrected chi connectivity index (χ1v) is 16.5. The Morgan fingerprint density at radius 2 is 1.77 bits per heavy atom. The second-order valence-corrected chi connectivity index (χ2v) is 15.6. The van der Waals surface area contributed by atoms with Crippen molar-refractivity contribution in [2.24, 2.45) is 11.8 Å². The van der Waals surface area contributed by atoms with Gasteiger partial charge in [-0.25, -0.2) is 13.2 Å². The number of nitrogens with one attached hydrogen (secondary N) is 2. The number of hydrogen-bond donors (Lipinski definition) is 3. The standard InChI is InChI=1S/C30H47N3O6S/c1-20-14-24(19-40(20,37)38)39-29(36)31-25(15-21-10-6-5-7-11-21)27(34)18-33-17-23-13-9-8-12-22(23)16-26(33)28(35)32-30(2,3)4/h5-7,10-11,20,22-27,34H,8-9,12-19H2,1-4H3,(H,31,36)(H,32,35)/t20-,22-,23+,24+,25-,26-,27+/m0/s1. The summed E-state index contributed by atoms with van der Waals surface area (Å²) in [4.78, 5) is 28.4. The molecule has 2 saturated heterocycles. The number of piperidine rings is 1. The minimum atomic E-state index is -3.27. The lowest BCUT2D eigenvalue weighted by molar-refractivity contribution is -0.132. The molecule has 3 fully saturated rings. The fourth-order valence-corrected chi connectivity index (χ4v) is 8.13. The number of carbonyl (C=O) groups excluding carboxylic acids is 2. The minimum absolute atomic E-state index is 0.0211. The van der Waals surface area contributed by atoms with Crippen molar-refractivity contribution in [3.63, 3.8) is 0 Å². The van der Waals surface area contributed by atoms with Gasteiger partial charge in [0.25, 0.3) is 0 Å². The predicted octanol–water partition coefficient (Wildman–Crippen LogP) is 3.06. The van der Waals surface area contributed by atoms with Gasteiger partial charge in [-0.1, -0.05) is 49.6 Å². The molecule has 4 rings (SSSR count). The zero-order valence-electron chi connectivity index (χ0n) is 24.3. The minimum Gasteiger partial charge on any atom is -0.445 e. The third kappa shape index (κ3) is 8.19. The van der Waals surface area contributed by atoms with E-state index in [0.29, 0.717) is 18.3 Å². The van der Waals surface area contributed by atoms with E-state index in [4.69, 9.17) is 4.74 Å².